The number of ketones is 1. The van der Waals surface area contributed by atoms with Crippen LogP contribution >= 0.6 is 41.9 Å². The molecule has 2 aliphatic heterocycles. The number of benzene rings is 2. The zero-order valence-corrected chi connectivity index (χ0v) is 17.9. The first-order valence-corrected chi connectivity index (χ1v) is 12.5. The van der Waals surface area contributed by atoms with Crippen molar-refractivity contribution in [2.45, 2.75) is 31.0 Å². The van der Waals surface area contributed by atoms with E-state index in [0.29, 0.717) is 12.2 Å². The van der Waals surface area contributed by atoms with Crippen molar-refractivity contribution < 1.29 is 4.79 Å². The van der Waals surface area contributed by atoms with E-state index < -0.39 is 0 Å². The molecule has 4 rings (SSSR count). The van der Waals surface area contributed by atoms with E-state index in [9.17, 15) is 4.79 Å². The number of piperidine rings is 2. The summed E-state index contributed by atoms with van der Waals surface area (Å²) in [4.78, 5) is 12.9. The number of nitrogens with zero attached hydrogens (tertiary/aromatic N) is 1. The molecule has 1 unspecified atom stereocenters. The van der Waals surface area contributed by atoms with Crippen LogP contribution in [0.15, 0.2) is 54.6 Å². The quantitative estimate of drug-likeness (QED) is 0.455. The van der Waals surface area contributed by atoms with Crippen molar-refractivity contribution in [3.8, 4) is 0 Å². The molecular formula is C20H20ClIN2OS. The molecule has 0 bridgehead atoms. The van der Waals surface area contributed by atoms with Crippen molar-refractivity contribution in [2.75, 3.05) is 6.54 Å². The molecule has 0 radical (unpaired) electrons. The highest BCUT2D eigenvalue weighted by molar-refractivity contribution is 14.2. The molecule has 2 aromatic carbocycles. The molecule has 2 fully saturated rings. The van der Waals surface area contributed by atoms with Crippen molar-refractivity contribution in [3.05, 3.63) is 70.7 Å². The van der Waals surface area contributed by atoms with Gasteiger partial charge in [0.2, 0.25) is 0 Å². The summed E-state index contributed by atoms with van der Waals surface area (Å²) in [7, 11) is 1.74. The molecule has 2 saturated heterocycles. The summed E-state index contributed by atoms with van der Waals surface area (Å²) in [5.41, 5.74) is 2.46. The highest BCUT2D eigenvalue weighted by atomic mass is 127. The van der Waals surface area contributed by atoms with Crippen LogP contribution in [0.3, 0.4) is 0 Å². The smallest absolute Gasteiger partial charge is 0.140 e. The molecule has 0 aromatic heterocycles. The Morgan fingerprint density at radius 3 is 2.50 bits per heavy atom. The minimum atomic E-state index is 0.0702. The van der Waals surface area contributed by atoms with Crippen LogP contribution in [0.4, 0.5) is 0 Å². The normalized spacial score (nSPS) is 29.4. The molecule has 2 aromatic rings. The Labute approximate surface area is 175 Å². The van der Waals surface area contributed by atoms with Crippen LogP contribution < -0.4 is 5.32 Å². The average molecular weight is 499 g/mol. The van der Waals surface area contributed by atoms with Gasteiger partial charge in [-0.3, -0.25) is 4.79 Å². The lowest BCUT2D eigenvalue weighted by molar-refractivity contribution is -0.130. The predicted octanol–water partition coefficient (Wildman–Crippen LogP) is 5.37. The van der Waals surface area contributed by atoms with E-state index >= 15 is 0 Å². The maximum Gasteiger partial charge on any atom is 0.140 e. The van der Waals surface area contributed by atoms with E-state index in [1.165, 1.54) is 11.1 Å². The Balaban J connectivity index is 1.61. The van der Waals surface area contributed by atoms with Crippen LogP contribution in [0.5, 0.6) is 0 Å². The van der Waals surface area contributed by atoms with Crippen LogP contribution in [-0.4, -0.2) is 22.7 Å². The second-order valence-corrected chi connectivity index (χ2v) is 9.13. The molecule has 2 heterocycles. The molecule has 26 heavy (non-hydrogen) atoms. The molecule has 0 aliphatic carbocycles. The zero-order valence-electron chi connectivity index (χ0n) is 14.1. The third kappa shape index (κ3) is 3.69. The van der Waals surface area contributed by atoms with Gasteiger partial charge in [0, 0.05) is 57.2 Å². The highest BCUT2D eigenvalue weighted by Crippen LogP contribution is 2.46. The number of carbonyl (C=O) groups is 1. The van der Waals surface area contributed by atoms with Crippen LogP contribution in [0.2, 0.25) is 5.02 Å². The standard InChI is InChI=1S/C20H20ClIN2OS/c21-15-8-6-13(7-9-15)17-10-19-16(12-23-17)20(25)11-18(24(19)26-22)14-4-2-1-3-5-14/h1-9,16-19,23H,10-12H2/t16-,17?,18+,19+/m1/s1. The SMILES string of the molecule is O=C1C[C@@H](c2ccccc2)N(SI)[C@H]2CC(c3ccc(Cl)cc3)NC[C@@H]12. The topological polar surface area (TPSA) is 32.3 Å². The van der Waals surface area contributed by atoms with Crippen LogP contribution in [0.1, 0.15) is 36.1 Å². The summed E-state index contributed by atoms with van der Waals surface area (Å²) in [5.74, 6) is 0.452. The number of nitrogens with one attached hydrogen (secondary N) is 1. The maximum atomic E-state index is 12.9. The Hall–Kier alpha value is -0.600. The van der Waals surface area contributed by atoms with Gasteiger partial charge in [-0.2, -0.15) is 0 Å². The minimum absolute atomic E-state index is 0.0702. The summed E-state index contributed by atoms with van der Waals surface area (Å²) < 4.78 is 2.45. The largest absolute Gasteiger partial charge is 0.309 e. The van der Waals surface area contributed by atoms with E-state index in [1.807, 2.05) is 18.2 Å². The van der Waals surface area contributed by atoms with Gasteiger partial charge in [0.15, 0.2) is 0 Å². The second kappa shape index (κ2) is 8.19. The van der Waals surface area contributed by atoms with E-state index in [0.717, 1.165) is 18.0 Å². The van der Waals surface area contributed by atoms with E-state index in [2.05, 4.69) is 67.2 Å². The fourth-order valence-corrected chi connectivity index (χ4v) is 6.61. The summed E-state index contributed by atoms with van der Waals surface area (Å²) in [6, 6.07) is 19.1. The van der Waals surface area contributed by atoms with Crippen LogP contribution in [0, 0.1) is 5.92 Å². The van der Waals surface area contributed by atoms with Gasteiger partial charge in [-0.25, -0.2) is 4.31 Å². The molecule has 1 N–H and O–H groups in total. The van der Waals surface area contributed by atoms with Gasteiger partial charge < -0.3 is 5.32 Å². The van der Waals surface area contributed by atoms with Gasteiger partial charge in [0.1, 0.15) is 5.78 Å². The number of carbonyl (C=O) groups excluding carboxylic acids is 1. The fraction of sp³-hybridized carbons (Fsp3) is 0.350. The van der Waals surface area contributed by atoms with Crippen LogP contribution in [-0.2, 0) is 4.79 Å². The maximum absolute atomic E-state index is 12.9. The minimum Gasteiger partial charge on any atom is -0.309 e. The number of hydrogen-bond donors (Lipinski definition) is 1. The first-order chi connectivity index (χ1) is 12.7. The summed E-state index contributed by atoms with van der Waals surface area (Å²) in [5, 5.41) is 4.34. The lowest BCUT2D eigenvalue weighted by Crippen LogP contribution is -2.55. The van der Waals surface area contributed by atoms with Crippen molar-refractivity contribution in [2.24, 2.45) is 5.92 Å². The van der Waals surface area contributed by atoms with Gasteiger partial charge in [0.25, 0.3) is 0 Å². The van der Waals surface area contributed by atoms with E-state index in [4.69, 9.17) is 11.6 Å². The van der Waals surface area contributed by atoms with Gasteiger partial charge in [-0.05, 0) is 38.8 Å². The number of hydrogen-bond acceptors (Lipinski definition) is 4. The van der Waals surface area contributed by atoms with Gasteiger partial charge in [-0.1, -0.05) is 54.1 Å². The molecule has 136 valence electrons. The van der Waals surface area contributed by atoms with Gasteiger partial charge in [-0.15, -0.1) is 0 Å². The van der Waals surface area contributed by atoms with Gasteiger partial charge in [0.05, 0.1) is 6.04 Å². The third-order valence-electron chi connectivity index (χ3n) is 5.50. The highest BCUT2D eigenvalue weighted by Gasteiger charge is 2.46. The molecule has 0 spiro atoms. The van der Waals surface area contributed by atoms with Crippen molar-refractivity contribution in [1.82, 2.24) is 9.62 Å². The molecular weight excluding hydrogens is 479 g/mol. The molecule has 2 aliphatic rings. The first-order valence-electron chi connectivity index (χ1n) is 8.81. The molecule has 0 amide bonds. The Bertz CT molecular complexity index is 773. The zero-order chi connectivity index (χ0) is 18.1. The number of Topliss-reactive ketones (excluding diaryl/α,β-unsaturated/α-hetero) is 1. The Kier molecular flexibility index (Phi) is 5.90. The molecule has 4 atom stereocenters. The molecule has 6 heteroatoms. The summed E-state index contributed by atoms with van der Waals surface area (Å²) in [6.07, 6.45) is 1.52. The van der Waals surface area contributed by atoms with E-state index in [-0.39, 0.29) is 24.0 Å². The van der Waals surface area contributed by atoms with Crippen molar-refractivity contribution >= 4 is 47.7 Å². The van der Waals surface area contributed by atoms with Crippen molar-refractivity contribution in [3.63, 3.8) is 0 Å². The fourth-order valence-electron chi connectivity index (χ4n) is 4.16. The number of halogens is 2. The Morgan fingerprint density at radius 1 is 1.08 bits per heavy atom. The third-order valence-corrected chi connectivity index (χ3v) is 7.81. The number of rotatable bonds is 3. The predicted molar refractivity (Wildman–Crippen MR) is 116 cm³/mol. The average Bonchev–Trinajstić information content (AvgIpc) is 2.69. The molecule has 0 saturated carbocycles. The van der Waals surface area contributed by atoms with Crippen molar-refractivity contribution in [1.29, 1.82) is 0 Å². The summed E-state index contributed by atoms with van der Waals surface area (Å²) >= 11 is 8.40. The Morgan fingerprint density at radius 2 is 1.81 bits per heavy atom. The lowest BCUT2D eigenvalue weighted by atomic mass is 9.78. The lowest BCUT2D eigenvalue weighted by Gasteiger charge is -2.48. The van der Waals surface area contributed by atoms with Crippen LogP contribution in [0.25, 0.3) is 0 Å². The summed E-state index contributed by atoms with van der Waals surface area (Å²) in [6.45, 7) is 0.742. The first kappa shape index (κ1) is 18.7. The monoisotopic (exact) mass is 498 g/mol. The number of fused-ring (bicyclic) bond motifs is 1. The van der Waals surface area contributed by atoms with E-state index in [1.54, 1.807) is 9.12 Å². The van der Waals surface area contributed by atoms with Gasteiger partial charge >= 0.3 is 0 Å². The molecule has 3 nitrogen and oxygen atoms in total. The second-order valence-electron chi connectivity index (χ2n) is 6.95.